The summed E-state index contributed by atoms with van der Waals surface area (Å²) in [6.07, 6.45) is 0. The smallest absolute Gasteiger partial charge is 0.190 e. The highest BCUT2D eigenvalue weighted by Gasteiger charge is 2.13. The first-order valence-corrected chi connectivity index (χ1v) is 10.8. The number of hydrogen-bond acceptors (Lipinski definition) is 5. The van der Waals surface area contributed by atoms with Crippen LogP contribution in [0.25, 0.3) is 11.3 Å². The number of hydrogen-bond donors (Lipinski definition) is 0. The zero-order valence-corrected chi connectivity index (χ0v) is 17.8. The Balaban J connectivity index is 1.67. The van der Waals surface area contributed by atoms with Gasteiger partial charge in [0.25, 0.3) is 0 Å². The number of nitrogens with zero attached hydrogens (tertiary/aromatic N) is 3. The van der Waals surface area contributed by atoms with Gasteiger partial charge in [-0.25, -0.2) is 4.99 Å². The van der Waals surface area contributed by atoms with Gasteiger partial charge in [0.15, 0.2) is 4.80 Å². The van der Waals surface area contributed by atoms with Gasteiger partial charge >= 0.3 is 0 Å². The van der Waals surface area contributed by atoms with E-state index in [1.54, 1.807) is 18.4 Å². The summed E-state index contributed by atoms with van der Waals surface area (Å²) in [5.74, 6) is 0.843. The summed E-state index contributed by atoms with van der Waals surface area (Å²) < 4.78 is 13.1. The minimum absolute atomic E-state index is 0.822. The number of thiazole rings is 1. The van der Waals surface area contributed by atoms with E-state index in [-0.39, 0.29) is 0 Å². The number of ether oxygens (including phenoxy) is 2. The van der Waals surface area contributed by atoms with Crippen LogP contribution in [0.4, 0.5) is 5.69 Å². The fourth-order valence-corrected chi connectivity index (χ4v) is 4.38. The average molecular weight is 410 g/mol. The summed E-state index contributed by atoms with van der Waals surface area (Å²) in [5.41, 5.74) is 4.65. The molecular formula is C23H27N3O2S. The van der Waals surface area contributed by atoms with Gasteiger partial charge in [0, 0.05) is 31.6 Å². The molecule has 0 spiro atoms. The van der Waals surface area contributed by atoms with E-state index in [4.69, 9.17) is 14.5 Å². The van der Waals surface area contributed by atoms with Crippen molar-refractivity contribution in [1.82, 2.24) is 9.47 Å². The first-order chi connectivity index (χ1) is 14.2. The molecule has 3 aromatic rings. The van der Waals surface area contributed by atoms with Crippen LogP contribution in [0, 0.1) is 6.92 Å². The largest absolute Gasteiger partial charge is 0.497 e. The third-order valence-electron chi connectivity index (χ3n) is 5.19. The van der Waals surface area contributed by atoms with Crippen molar-refractivity contribution >= 4 is 17.0 Å². The van der Waals surface area contributed by atoms with Gasteiger partial charge in [-0.1, -0.05) is 29.8 Å². The molecule has 2 aromatic carbocycles. The fraction of sp³-hybridized carbons (Fsp3) is 0.348. The van der Waals surface area contributed by atoms with E-state index in [0.717, 1.165) is 55.6 Å². The molecule has 29 heavy (non-hydrogen) atoms. The second-order valence-corrected chi connectivity index (χ2v) is 8.02. The van der Waals surface area contributed by atoms with Gasteiger partial charge in [0.05, 0.1) is 31.7 Å². The van der Waals surface area contributed by atoms with Crippen LogP contribution in [0.5, 0.6) is 5.75 Å². The van der Waals surface area contributed by atoms with Gasteiger partial charge in [-0.2, -0.15) is 0 Å². The highest BCUT2D eigenvalue weighted by atomic mass is 32.1. The lowest BCUT2D eigenvalue weighted by Crippen LogP contribution is -2.39. The molecule has 0 N–H and O–H groups in total. The van der Waals surface area contributed by atoms with Crippen molar-refractivity contribution in [2.75, 3.05) is 40.0 Å². The molecule has 0 aliphatic carbocycles. The molecule has 6 heteroatoms. The molecule has 0 amide bonds. The lowest BCUT2D eigenvalue weighted by atomic mass is 10.1. The Morgan fingerprint density at radius 2 is 1.72 bits per heavy atom. The van der Waals surface area contributed by atoms with Crippen LogP contribution in [0.15, 0.2) is 58.9 Å². The Kier molecular flexibility index (Phi) is 6.44. The fourth-order valence-electron chi connectivity index (χ4n) is 3.42. The SMILES string of the molecule is COc1ccc(N=c2scc(-c3ccc(C)cc3)n2CCN2CCOCC2)cc1. The summed E-state index contributed by atoms with van der Waals surface area (Å²) >= 11 is 1.69. The molecule has 1 aromatic heterocycles. The molecule has 4 rings (SSSR count). The van der Waals surface area contributed by atoms with Gasteiger partial charge in [-0.05, 0) is 36.8 Å². The number of aryl methyl sites for hydroxylation is 1. The van der Waals surface area contributed by atoms with Crippen molar-refractivity contribution in [3.63, 3.8) is 0 Å². The van der Waals surface area contributed by atoms with Gasteiger partial charge in [-0.15, -0.1) is 11.3 Å². The molecule has 1 aliphatic heterocycles. The number of morpholine rings is 1. The first kappa shape index (κ1) is 19.9. The van der Waals surface area contributed by atoms with Crippen molar-refractivity contribution in [1.29, 1.82) is 0 Å². The standard InChI is InChI=1S/C23H27N3O2S/c1-18-3-5-19(6-4-18)22-17-29-23(24-20-7-9-21(27-2)10-8-20)26(22)12-11-25-13-15-28-16-14-25/h3-10,17H,11-16H2,1-2H3. The molecule has 2 heterocycles. The Labute approximate surface area is 175 Å². The molecule has 0 unspecified atom stereocenters. The molecule has 1 aliphatic rings. The predicted octanol–water partition coefficient (Wildman–Crippen LogP) is 4.10. The van der Waals surface area contributed by atoms with E-state index in [1.807, 2.05) is 24.3 Å². The van der Waals surface area contributed by atoms with Crippen LogP contribution in [-0.2, 0) is 11.3 Å². The van der Waals surface area contributed by atoms with Crippen LogP contribution >= 0.6 is 11.3 Å². The summed E-state index contributed by atoms with van der Waals surface area (Å²) in [4.78, 5) is 8.40. The second-order valence-electron chi connectivity index (χ2n) is 7.19. The maximum Gasteiger partial charge on any atom is 0.190 e. The molecule has 1 saturated heterocycles. The van der Waals surface area contributed by atoms with Crippen molar-refractivity contribution < 1.29 is 9.47 Å². The summed E-state index contributed by atoms with van der Waals surface area (Å²) in [5, 5.41) is 2.21. The zero-order chi connectivity index (χ0) is 20.1. The Morgan fingerprint density at radius 1 is 1.00 bits per heavy atom. The number of methoxy groups -OCH3 is 1. The van der Waals surface area contributed by atoms with E-state index in [9.17, 15) is 0 Å². The monoisotopic (exact) mass is 409 g/mol. The van der Waals surface area contributed by atoms with E-state index in [1.165, 1.54) is 16.8 Å². The Hall–Kier alpha value is -2.41. The second kappa shape index (κ2) is 9.39. The van der Waals surface area contributed by atoms with Gasteiger partial charge < -0.3 is 14.0 Å². The molecule has 1 fully saturated rings. The molecular weight excluding hydrogens is 382 g/mol. The minimum atomic E-state index is 0.822. The van der Waals surface area contributed by atoms with E-state index in [0.29, 0.717) is 0 Å². The predicted molar refractivity (Wildman–Crippen MR) is 118 cm³/mol. The van der Waals surface area contributed by atoms with Gasteiger partial charge in [-0.3, -0.25) is 4.90 Å². The van der Waals surface area contributed by atoms with Crippen LogP contribution in [-0.4, -0.2) is 49.4 Å². The molecule has 5 nitrogen and oxygen atoms in total. The maximum atomic E-state index is 5.49. The third kappa shape index (κ3) is 4.96. The van der Waals surface area contributed by atoms with Crippen LogP contribution in [0.3, 0.4) is 0 Å². The van der Waals surface area contributed by atoms with Crippen LogP contribution in [0.2, 0.25) is 0 Å². The lowest BCUT2D eigenvalue weighted by molar-refractivity contribution is 0.0363. The topological polar surface area (TPSA) is 39.0 Å². The molecule has 0 radical (unpaired) electrons. The summed E-state index contributed by atoms with van der Waals surface area (Å²) in [6.45, 7) is 7.65. The summed E-state index contributed by atoms with van der Waals surface area (Å²) in [6, 6.07) is 16.6. The molecule has 0 bridgehead atoms. The van der Waals surface area contributed by atoms with E-state index >= 15 is 0 Å². The highest BCUT2D eigenvalue weighted by Crippen LogP contribution is 2.22. The number of aromatic nitrogens is 1. The van der Waals surface area contributed by atoms with Crippen LogP contribution < -0.4 is 9.54 Å². The Bertz CT molecular complexity index is 984. The third-order valence-corrected chi connectivity index (χ3v) is 6.05. The van der Waals surface area contributed by atoms with Crippen LogP contribution in [0.1, 0.15) is 5.56 Å². The molecule has 0 atom stereocenters. The average Bonchev–Trinajstić information content (AvgIpc) is 3.16. The Morgan fingerprint density at radius 3 is 2.41 bits per heavy atom. The summed E-state index contributed by atoms with van der Waals surface area (Å²) in [7, 11) is 1.68. The highest BCUT2D eigenvalue weighted by molar-refractivity contribution is 7.07. The number of rotatable bonds is 6. The lowest BCUT2D eigenvalue weighted by Gasteiger charge is -2.26. The van der Waals surface area contributed by atoms with E-state index in [2.05, 4.69) is 46.0 Å². The van der Waals surface area contributed by atoms with Crippen molar-refractivity contribution in [2.24, 2.45) is 4.99 Å². The van der Waals surface area contributed by atoms with Crippen molar-refractivity contribution in [2.45, 2.75) is 13.5 Å². The van der Waals surface area contributed by atoms with Gasteiger partial charge in [0.1, 0.15) is 5.75 Å². The molecule has 0 saturated carbocycles. The van der Waals surface area contributed by atoms with Crippen molar-refractivity contribution in [3.8, 4) is 17.0 Å². The minimum Gasteiger partial charge on any atom is -0.497 e. The first-order valence-electron chi connectivity index (χ1n) is 9.97. The molecule has 152 valence electrons. The van der Waals surface area contributed by atoms with Gasteiger partial charge in [0.2, 0.25) is 0 Å². The maximum absolute atomic E-state index is 5.49. The van der Waals surface area contributed by atoms with E-state index < -0.39 is 0 Å². The number of benzene rings is 2. The quantitative estimate of drug-likeness (QED) is 0.615. The van der Waals surface area contributed by atoms with Crippen molar-refractivity contribution in [3.05, 3.63) is 64.3 Å². The normalized spacial score (nSPS) is 15.6. The zero-order valence-electron chi connectivity index (χ0n) is 17.0.